The van der Waals surface area contributed by atoms with Gasteiger partial charge in [0.15, 0.2) is 6.61 Å². The summed E-state index contributed by atoms with van der Waals surface area (Å²) in [4.78, 5) is 15.8. The van der Waals surface area contributed by atoms with E-state index >= 15 is 0 Å². The van der Waals surface area contributed by atoms with Gasteiger partial charge in [0.05, 0.1) is 36.6 Å². The lowest BCUT2D eigenvalue weighted by molar-refractivity contribution is 0.106. The monoisotopic (exact) mass is 662 g/mol. The van der Waals surface area contributed by atoms with Crippen molar-refractivity contribution in [1.82, 2.24) is 49.8 Å². The zero-order chi connectivity index (χ0) is 33.2. The van der Waals surface area contributed by atoms with Gasteiger partial charge in [-0.25, -0.2) is 19.6 Å². The van der Waals surface area contributed by atoms with Crippen LogP contribution in [0.5, 0.6) is 11.6 Å². The number of anilines is 2. The number of benzene rings is 1. The minimum absolute atomic E-state index is 0.135. The van der Waals surface area contributed by atoms with Crippen molar-refractivity contribution in [1.29, 1.82) is 5.26 Å². The minimum Gasteiger partial charge on any atom is -0.494 e. The SMILES string of the molecule is C[C@@H](Cn1cnnn1)Oc1cc(-c2cnc(Nc3cn(C4CCC(N5C=C6C[C@@H]5CO6)CC4)nc3OCc3ncco3)nc2)ccc1C#N. The predicted molar refractivity (Wildman–Crippen MR) is 172 cm³/mol. The average Bonchev–Trinajstić information content (AvgIpc) is 3.98. The number of aromatic nitrogens is 9. The molecule has 2 aliphatic heterocycles. The molecule has 2 atom stereocenters. The predicted octanol–water partition coefficient (Wildman–Crippen LogP) is 4.41. The fraction of sp³-hybridized carbons (Fsp3) is 0.394. The first kappa shape index (κ1) is 30.4. The molecule has 0 unspecified atom stereocenters. The Hall–Kier alpha value is -5.98. The molecule has 16 heteroatoms. The summed E-state index contributed by atoms with van der Waals surface area (Å²) < 4.78 is 26.8. The highest BCUT2D eigenvalue weighted by Gasteiger charge is 2.38. The Morgan fingerprint density at radius 1 is 1.08 bits per heavy atom. The molecule has 8 rings (SSSR count). The number of hydrogen-bond donors (Lipinski definition) is 1. The number of hydrogen-bond acceptors (Lipinski definition) is 14. The lowest BCUT2D eigenvalue weighted by atomic mass is 9.90. The van der Waals surface area contributed by atoms with Gasteiger partial charge in [0.1, 0.15) is 48.6 Å². The summed E-state index contributed by atoms with van der Waals surface area (Å²) in [6, 6.07) is 8.83. The van der Waals surface area contributed by atoms with Crippen molar-refractivity contribution in [2.75, 3.05) is 11.9 Å². The van der Waals surface area contributed by atoms with Gasteiger partial charge in [-0.05, 0) is 60.7 Å². The van der Waals surface area contributed by atoms with Crippen LogP contribution in [0.15, 0.2) is 72.0 Å². The van der Waals surface area contributed by atoms with Crippen LogP contribution in [-0.4, -0.2) is 74.6 Å². The van der Waals surface area contributed by atoms with Crippen LogP contribution in [0.2, 0.25) is 0 Å². The van der Waals surface area contributed by atoms with Crippen LogP contribution in [0.4, 0.5) is 11.6 Å². The third-order valence-electron chi connectivity index (χ3n) is 9.09. The standard InChI is InChI=1S/C33H34N12O4/c1-21(15-43-20-38-41-42-43)49-30-10-22(2-3-23(30)12-34)24-13-36-33(37-14-24)39-29-17-45(40-32(29)48-19-31-35-8-9-46-31)26-6-4-25(5-7-26)44-16-28-11-27(44)18-47-28/h2-3,8-10,13-14,16-17,20-21,25-27H,4-7,11,15,18-19H2,1H3,(H,36,37,39)/t21-,25?,26?,27+/m0/s1. The molecule has 2 bridgehead atoms. The molecule has 1 N–H and O–H groups in total. The average molecular weight is 663 g/mol. The molecule has 250 valence electrons. The van der Waals surface area contributed by atoms with Gasteiger partial charge >= 0.3 is 0 Å². The number of rotatable bonds is 12. The van der Waals surface area contributed by atoms with E-state index in [1.807, 2.05) is 29.9 Å². The Bertz CT molecular complexity index is 1940. The number of nitrogens with one attached hydrogen (secondary N) is 1. The van der Waals surface area contributed by atoms with Crippen LogP contribution < -0.4 is 14.8 Å². The molecule has 1 aliphatic carbocycles. The molecule has 0 radical (unpaired) electrons. The summed E-state index contributed by atoms with van der Waals surface area (Å²) >= 11 is 0. The first-order valence-electron chi connectivity index (χ1n) is 16.3. The molecule has 1 aromatic carbocycles. The van der Waals surface area contributed by atoms with Gasteiger partial charge < -0.3 is 28.8 Å². The number of oxazole rings is 1. The number of nitrogens with zero attached hydrogens (tertiary/aromatic N) is 11. The molecule has 16 nitrogen and oxygen atoms in total. The largest absolute Gasteiger partial charge is 0.494 e. The molecular formula is C33H34N12O4. The Kier molecular flexibility index (Phi) is 8.22. The van der Waals surface area contributed by atoms with Gasteiger partial charge in [0.25, 0.3) is 5.88 Å². The van der Waals surface area contributed by atoms with E-state index in [2.05, 4.69) is 53.0 Å². The normalized spacial score (nSPS) is 20.4. The summed E-state index contributed by atoms with van der Waals surface area (Å²) in [7, 11) is 0. The number of nitriles is 1. The maximum atomic E-state index is 9.67. The molecule has 0 amide bonds. The molecule has 0 spiro atoms. The first-order chi connectivity index (χ1) is 24.1. The van der Waals surface area contributed by atoms with Crippen molar-refractivity contribution in [3.8, 4) is 28.8 Å². The van der Waals surface area contributed by atoms with E-state index in [4.69, 9.17) is 23.7 Å². The zero-order valence-corrected chi connectivity index (χ0v) is 26.8. The number of fused-ring (bicyclic) bond motifs is 2. The molecule has 3 aliphatic rings. The Morgan fingerprint density at radius 2 is 1.94 bits per heavy atom. The second kappa shape index (κ2) is 13.3. The molecule has 1 saturated carbocycles. The molecule has 4 aromatic heterocycles. The molecule has 5 aromatic rings. The van der Waals surface area contributed by atoms with E-state index in [1.54, 1.807) is 29.3 Å². The highest BCUT2D eigenvalue weighted by Crippen LogP contribution is 2.39. The Labute approximate surface area is 281 Å². The van der Waals surface area contributed by atoms with Gasteiger partial charge in [-0.15, -0.1) is 10.2 Å². The summed E-state index contributed by atoms with van der Waals surface area (Å²) in [5.41, 5.74) is 2.63. The fourth-order valence-corrected chi connectivity index (χ4v) is 6.68. The third kappa shape index (κ3) is 6.59. The van der Waals surface area contributed by atoms with Crippen LogP contribution in [-0.2, 0) is 17.9 Å². The van der Waals surface area contributed by atoms with Crippen molar-refractivity contribution >= 4 is 11.6 Å². The highest BCUT2D eigenvalue weighted by molar-refractivity contribution is 5.67. The molecular weight excluding hydrogens is 628 g/mol. The topological polar surface area (TPSA) is 180 Å². The van der Waals surface area contributed by atoms with E-state index in [9.17, 15) is 5.26 Å². The van der Waals surface area contributed by atoms with E-state index < -0.39 is 0 Å². The number of ether oxygens (including phenoxy) is 3. The van der Waals surface area contributed by atoms with Crippen LogP contribution >= 0.6 is 0 Å². The van der Waals surface area contributed by atoms with Gasteiger partial charge in [0.2, 0.25) is 11.8 Å². The second-order valence-corrected chi connectivity index (χ2v) is 12.4. The maximum absolute atomic E-state index is 9.67. The zero-order valence-electron chi connectivity index (χ0n) is 26.8. The van der Waals surface area contributed by atoms with Gasteiger partial charge in [-0.3, -0.25) is 4.68 Å². The first-order valence-corrected chi connectivity index (χ1v) is 16.3. The lowest BCUT2D eigenvalue weighted by Crippen LogP contribution is -2.41. The van der Waals surface area contributed by atoms with Crippen molar-refractivity contribution < 1.29 is 18.6 Å². The van der Waals surface area contributed by atoms with E-state index in [0.29, 0.717) is 53.3 Å². The fourth-order valence-electron chi connectivity index (χ4n) is 6.68. The maximum Gasteiger partial charge on any atom is 0.257 e. The Morgan fingerprint density at radius 3 is 2.65 bits per heavy atom. The summed E-state index contributed by atoms with van der Waals surface area (Å²) in [6.45, 7) is 3.26. The van der Waals surface area contributed by atoms with E-state index in [1.165, 1.54) is 12.6 Å². The van der Waals surface area contributed by atoms with Crippen LogP contribution in [0.1, 0.15) is 56.5 Å². The summed E-state index contributed by atoms with van der Waals surface area (Å²) in [5.74, 6) is 2.83. The van der Waals surface area contributed by atoms with E-state index in [0.717, 1.165) is 55.6 Å². The smallest absolute Gasteiger partial charge is 0.257 e. The minimum atomic E-state index is -0.280. The van der Waals surface area contributed by atoms with Crippen LogP contribution in [0.25, 0.3) is 11.1 Å². The Balaban J connectivity index is 0.964. The van der Waals surface area contributed by atoms with Crippen molar-refractivity contribution in [2.24, 2.45) is 0 Å². The second-order valence-electron chi connectivity index (χ2n) is 12.4. The van der Waals surface area contributed by atoms with Gasteiger partial charge in [-0.2, -0.15) is 5.26 Å². The molecule has 1 saturated heterocycles. The van der Waals surface area contributed by atoms with Crippen molar-refractivity contribution in [2.45, 2.75) is 76.4 Å². The van der Waals surface area contributed by atoms with Gasteiger partial charge in [0, 0.05) is 36.6 Å². The summed E-state index contributed by atoms with van der Waals surface area (Å²) in [5, 5.41) is 29.0. The van der Waals surface area contributed by atoms with Crippen LogP contribution in [0.3, 0.4) is 0 Å². The molecule has 49 heavy (non-hydrogen) atoms. The van der Waals surface area contributed by atoms with Crippen molar-refractivity contribution in [3.63, 3.8) is 0 Å². The highest BCUT2D eigenvalue weighted by atomic mass is 16.5. The van der Waals surface area contributed by atoms with Gasteiger partial charge in [-0.1, -0.05) is 6.07 Å². The molecule has 6 heterocycles. The number of tetrazole rings is 1. The van der Waals surface area contributed by atoms with E-state index in [-0.39, 0.29) is 18.8 Å². The molecule has 2 fully saturated rings. The van der Waals surface area contributed by atoms with Crippen molar-refractivity contribution in [3.05, 3.63) is 79.0 Å². The third-order valence-corrected chi connectivity index (χ3v) is 9.09. The summed E-state index contributed by atoms with van der Waals surface area (Å²) in [6.07, 6.45) is 17.2. The van der Waals surface area contributed by atoms with Crippen LogP contribution in [0, 0.1) is 11.3 Å². The quantitative estimate of drug-likeness (QED) is 0.198. The lowest BCUT2D eigenvalue weighted by Gasteiger charge is -2.38.